The van der Waals surface area contributed by atoms with Gasteiger partial charge in [-0.15, -0.1) is 0 Å². The molecule has 4 rings (SSSR count). The lowest BCUT2D eigenvalue weighted by atomic mass is 10.2. The second-order valence-corrected chi connectivity index (χ2v) is 7.99. The molecule has 1 aromatic heterocycles. The van der Waals surface area contributed by atoms with Crippen molar-refractivity contribution in [3.8, 4) is 5.69 Å². The van der Waals surface area contributed by atoms with Crippen molar-refractivity contribution in [3.05, 3.63) is 80.5 Å². The number of nitro benzene ring substituents is 1. The number of anilines is 1. The van der Waals surface area contributed by atoms with Crippen LogP contribution in [0.15, 0.2) is 48.5 Å². The molecule has 2 heterocycles. The Bertz CT molecular complexity index is 1130. The number of fused-ring (bicyclic) bond motifs is 1. The Balaban J connectivity index is 1.74. The van der Waals surface area contributed by atoms with Crippen molar-refractivity contribution in [2.45, 2.75) is 11.5 Å². The first-order valence-corrected chi connectivity index (χ1v) is 10.1. The molecular weight excluding hydrogens is 404 g/mol. The number of nitro groups is 1. The summed E-state index contributed by atoms with van der Waals surface area (Å²) in [5, 5.41) is 18.3. The van der Waals surface area contributed by atoms with Gasteiger partial charge in [0.2, 0.25) is 0 Å². The summed E-state index contributed by atoms with van der Waals surface area (Å²) in [7, 11) is -1.07. The molecule has 28 heavy (non-hydrogen) atoms. The summed E-state index contributed by atoms with van der Waals surface area (Å²) < 4.78 is 13.5. The molecule has 1 atom stereocenters. The van der Waals surface area contributed by atoms with Gasteiger partial charge in [0.25, 0.3) is 11.6 Å². The lowest BCUT2D eigenvalue weighted by Crippen LogP contribution is -2.16. The number of nitrogens with one attached hydrogen (secondary N) is 1. The molecule has 0 saturated carbocycles. The van der Waals surface area contributed by atoms with Crippen LogP contribution in [0.3, 0.4) is 0 Å². The summed E-state index contributed by atoms with van der Waals surface area (Å²) in [4.78, 5) is 23.2. The van der Waals surface area contributed by atoms with E-state index in [4.69, 9.17) is 11.6 Å². The highest BCUT2D eigenvalue weighted by atomic mass is 35.5. The third-order valence-electron chi connectivity index (χ3n) is 4.31. The number of carbonyl (C=O) groups is 1. The molecule has 1 aliphatic rings. The van der Waals surface area contributed by atoms with Crippen LogP contribution in [0.25, 0.3) is 5.69 Å². The third kappa shape index (κ3) is 3.30. The first kappa shape index (κ1) is 18.3. The van der Waals surface area contributed by atoms with Crippen LogP contribution in [0.5, 0.6) is 0 Å². The normalized spacial score (nSPS) is 15.2. The number of benzene rings is 2. The second kappa shape index (κ2) is 7.17. The molecule has 0 bridgehead atoms. The van der Waals surface area contributed by atoms with E-state index in [2.05, 4.69) is 10.4 Å². The van der Waals surface area contributed by atoms with E-state index in [1.807, 2.05) is 30.3 Å². The Morgan fingerprint density at radius 3 is 2.68 bits per heavy atom. The zero-order valence-corrected chi connectivity index (χ0v) is 15.9. The minimum Gasteiger partial charge on any atom is -0.306 e. The highest BCUT2D eigenvalue weighted by Crippen LogP contribution is 2.32. The maximum absolute atomic E-state index is 12.8. The average Bonchev–Trinajstić information content (AvgIpc) is 3.19. The number of halogens is 1. The van der Waals surface area contributed by atoms with Gasteiger partial charge in [-0.3, -0.25) is 19.1 Å². The van der Waals surface area contributed by atoms with Crippen LogP contribution in [0, 0.1) is 10.1 Å². The van der Waals surface area contributed by atoms with Crippen molar-refractivity contribution in [2.75, 3.05) is 5.32 Å². The standard InChI is InChI=1S/C18H13ClN4O4S/c19-14-7-6-11(8-16(14)23(25)26)18(24)20-17-13-9-28(27)10-15(13)21-22(17)12-4-2-1-3-5-12/h1-8H,9-10H2,(H,20,24). The van der Waals surface area contributed by atoms with Gasteiger partial charge in [0, 0.05) is 28.0 Å². The highest BCUT2D eigenvalue weighted by Gasteiger charge is 2.29. The molecule has 142 valence electrons. The van der Waals surface area contributed by atoms with E-state index < -0.39 is 21.6 Å². The summed E-state index contributed by atoms with van der Waals surface area (Å²) in [6.45, 7) is 0. The number of hydrogen-bond donors (Lipinski definition) is 1. The van der Waals surface area contributed by atoms with Gasteiger partial charge in [-0.1, -0.05) is 29.8 Å². The molecule has 1 N–H and O–H groups in total. The Morgan fingerprint density at radius 1 is 1.21 bits per heavy atom. The number of rotatable bonds is 4. The third-order valence-corrected chi connectivity index (χ3v) is 5.83. The lowest BCUT2D eigenvalue weighted by molar-refractivity contribution is -0.384. The molecule has 0 fully saturated rings. The smallest absolute Gasteiger partial charge is 0.288 e. The molecule has 3 aromatic rings. The number of amides is 1. The number of para-hydroxylation sites is 1. The van der Waals surface area contributed by atoms with E-state index in [0.29, 0.717) is 28.6 Å². The van der Waals surface area contributed by atoms with Crippen LogP contribution < -0.4 is 5.32 Å². The predicted molar refractivity (Wildman–Crippen MR) is 105 cm³/mol. The Hall–Kier alpha value is -3.04. The monoisotopic (exact) mass is 416 g/mol. The van der Waals surface area contributed by atoms with Crippen LogP contribution in [-0.2, 0) is 22.3 Å². The van der Waals surface area contributed by atoms with Crippen molar-refractivity contribution in [1.82, 2.24) is 9.78 Å². The number of nitrogens with zero attached hydrogens (tertiary/aromatic N) is 3. The largest absolute Gasteiger partial charge is 0.306 e. The van der Waals surface area contributed by atoms with Crippen LogP contribution in [-0.4, -0.2) is 24.8 Å². The van der Waals surface area contributed by atoms with E-state index in [1.54, 1.807) is 4.68 Å². The number of aromatic nitrogens is 2. The van der Waals surface area contributed by atoms with Crippen molar-refractivity contribution in [2.24, 2.45) is 0 Å². The van der Waals surface area contributed by atoms with Gasteiger partial charge < -0.3 is 5.32 Å². The Kier molecular flexibility index (Phi) is 4.70. The van der Waals surface area contributed by atoms with Crippen LogP contribution in [0.1, 0.15) is 21.6 Å². The zero-order valence-electron chi connectivity index (χ0n) is 14.3. The highest BCUT2D eigenvalue weighted by molar-refractivity contribution is 7.83. The Labute approximate surface area is 166 Å². The van der Waals surface area contributed by atoms with Gasteiger partial charge in [-0.25, -0.2) is 4.68 Å². The van der Waals surface area contributed by atoms with Crippen molar-refractivity contribution < 1.29 is 13.9 Å². The van der Waals surface area contributed by atoms with E-state index >= 15 is 0 Å². The minimum atomic E-state index is -1.07. The van der Waals surface area contributed by atoms with Crippen molar-refractivity contribution in [1.29, 1.82) is 0 Å². The molecule has 0 saturated heterocycles. The van der Waals surface area contributed by atoms with Crippen molar-refractivity contribution in [3.63, 3.8) is 0 Å². The van der Waals surface area contributed by atoms with E-state index in [-0.39, 0.29) is 16.3 Å². The quantitative estimate of drug-likeness (QED) is 0.517. The maximum Gasteiger partial charge on any atom is 0.288 e. The van der Waals surface area contributed by atoms with Crippen LogP contribution in [0.4, 0.5) is 11.5 Å². The zero-order chi connectivity index (χ0) is 19.8. The number of carbonyl (C=O) groups excluding carboxylic acids is 1. The topological polar surface area (TPSA) is 107 Å². The predicted octanol–water partition coefficient (Wildman–Crippen LogP) is 3.45. The SMILES string of the molecule is O=C(Nc1c2c(nn1-c1ccccc1)CS(=O)C2)c1ccc(Cl)c([N+](=O)[O-])c1. The fraction of sp³-hybridized carbons (Fsp3) is 0.111. The average molecular weight is 417 g/mol. The molecular formula is C18H13ClN4O4S. The Morgan fingerprint density at radius 2 is 1.96 bits per heavy atom. The summed E-state index contributed by atoms with van der Waals surface area (Å²) >= 11 is 5.82. The maximum atomic E-state index is 12.8. The molecule has 8 nitrogen and oxygen atoms in total. The molecule has 1 unspecified atom stereocenters. The fourth-order valence-electron chi connectivity index (χ4n) is 2.99. The summed E-state index contributed by atoms with van der Waals surface area (Å²) in [5.74, 6) is 0.482. The van der Waals surface area contributed by atoms with Crippen LogP contribution in [0.2, 0.25) is 5.02 Å². The van der Waals surface area contributed by atoms with E-state index in [9.17, 15) is 19.1 Å². The number of hydrogen-bond acceptors (Lipinski definition) is 5. The molecule has 0 aliphatic carbocycles. The molecule has 1 amide bonds. The molecule has 0 radical (unpaired) electrons. The van der Waals surface area contributed by atoms with Gasteiger partial charge >= 0.3 is 0 Å². The first-order valence-electron chi connectivity index (χ1n) is 8.20. The van der Waals surface area contributed by atoms with Gasteiger partial charge in [-0.2, -0.15) is 5.10 Å². The van der Waals surface area contributed by atoms with E-state index in [1.165, 1.54) is 12.1 Å². The molecule has 1 aliphatic heterocycles. The lowest BCUT2D eigenvalue weighted by Gasteiger charge is -2.11. The van der Waals surface area contributed by atoms with Crippen molar-refractivity contribution >= 4 is 39.8 Å². The van der Waals surface area contributed by atoms with Crippen LogP contribution >= 0.6 is 11.6 Å². The molecule has 2 aromatic carbocycles. The molecule has 10 heteroatoms. The summed E-state index contributed by atoms with van der Waals surface area (Å²) in [6, 6.07) is 13.1. The summed E-state index contributed by atoms with van der Waals surface area (Å²) in [5.41, 5.74) is 1.85. The van der Waals surface area contributed by atoms with E-state index in [0.717, 1.165) is 11.8 Å². The second-order valence-electron chi connectivity index (χ2n) is 6.13. The van der Waals surface area contributed by atoms with Gasteiger partial charge in [-0.05, 0) is 24.3 Å². The fourth-order valence-corrected chi connectivity index (χ4v) is 4.44. The minimum absolute atomic E-state index is 0.0489. The van der Waals surface area contributed by atoms with Gasteiger partial charge in [0.15, 0.2) is 0 Å². The first-order chi connectivity index (χ1) is 13.4. The summed E-state index contributed by atoms with van der Waals surface area (Å²) in [6.07, 6.45) is 0. The van der Waals surface area contributed by atoms with Gasteiger partial charge in [0.1, 0.15) is 10.8 Å². The molecule has 0 spiro atoms. The van der Waals surface area contributed by atoms with Gasteiger partial charge in [0.05, 0.1) is 27.8 Å².